The van der Waals surface area contributed by atoms with Gasteiger partial charge in [0.05, 0.1) is 6.10 Å². The van der Waals surface area contributed by atoms with E-state index < -0.39 is 0 Å². The summed E-state index contributed by atoms with van der Waals surface area (Å²) in [5, 5.41) is 11.0. The molecule has 0 radical (unpaired) electrons. The zero-order valence-corrected chi connectivity index (χ0v) is 21.4. The first kappa shape index (κ1) is 23.7. The van der Waals surface area contributed by atoms with Gasteiger partial charge in [-0.1, -0.05) is 35.6 Å². The number of hydrogen-bond donors (Lipinski definition) is 0. The van der Waals surface area contributed by atoms with Gasteiger partial charge in [-0.3, -0.25) is 0 Å². The van der Waals surface area contributed by atoms with Crippen LogP contribution in [0.2, 0.25) is 0 Å². The molecule has 1 aromatic carbocycles. The molecule has 3 aliphatic rings. The van der Waals surface area contributed by atoms with Crippen LogP contribution in [0.1, 0.15) is 62.3 Å². The van der Waals surface area contributed by atoms with Gasteiger partial charge in [0.25, 0.3) is 0 Å². The summed E-state index contributed by atoms with van der Waals surface area (Å²) in [5.41, 5.74) is 3.18. The van der Waals surface area contributed by atoms with Gasteiger partial charge in [0, 0.05) is 55.1 Å². The van der Waals surface area contributed by atoms with Gasteiger partial charge in [-0.05, 0) is 62.8 Å². The summed E-state index contributed by atoms with van der Waals surface area (Å²) in [6.07, 6.45) is 14.1. The van der Waals surface area contributed by atoms with Crippen molar-refractivity contribution in [1.82, 2.24) is 20.2 Å². The number of ether oxygens (including phenoxy) is 1. The Hall–Kier alpha value is -2.71. The average molecular weight is 504 g/mol. The molecule has 0 spiro atoms. The normalized spacial score (nSPS) is 23.1. The van der Waals surface area contributed by atoms with Crippen molar-refractivity contribution in [3.63, 3.8) is 0 Å². The maximum absolute atomic E-state index is 11.0. The monoisotopic (exact) mass is 503 g/mol. The Kier molecular flexibility index (Phi) is 7.05. The van der Waals surface area contributed by atoms with Crippen molar-refractivity contribution in [3.8, 4) is 21.7 Å². The lowest BCUT2D eigenvalue weighted by Gasteiger charge is -2.32. The minimum Gasteiger partial charge on any atom is -0.378 e. The molecule has 0 N–H and O–H groups in total. The first-order valence-electron chi connectivity index (χ1n) is 13.3. The molecule has 7 nitrogen and oxygen atoms in total. The smallest absolute Gasteiger partial charge is 0.225 e. The van der Waals surface area contributed by atoms with E-state index >= 15 is 0 Å². The Morgan fingerprint density at radius 1 is 0.861 bits per heavy atom. The molecule has 0 amide bonds. The Morgan fingerprint density at radius 3 is 2.22 bits per heavy atom. The van der Waals surface area contributed by atoms with E-state index in [2.05, 4.69) is 49.3 Å². The van der Waals surface area contributed by atoms with Crippen molar-refractivity contribution in [2.75, 3.05) is 24.6 Å². The molecule has 2 aliphatic carbocycles. The van der Waals surface area contributed by atoms with Crippen molar-refractivity contribution in [2.24, 2.45) is 11.8 Å². The first-order chi connectivity index (χ1) is 17.7. The van der Waals surface area contributed by atoms with E-state index in [1.807, 2.05) is 12.4 Å². The zero-order chi connectivity index (χ0) is 24.3. The number of aromatic nitrogens is 4. The summed E-state index contributed by atoms with van der Waals surface area (Å²) in [5.74, 6) is 2.29. The maximum atomic E-state index is 11.0. The van der Waals surface area contributed by atoms with Crippen LogP contribution >= 0.6 is 11.3 Å². The van der Waals surface area contributed by atoms with Crippen LogP contribution < -0.4 is 4.90 Å². The summed E-state index contributed by atoms with van der Waals surface area (Å²) in [6.45, 7) is 2.84. The number of anilines is 1. The van der Waals surface area contributed by atoms with Gasteiger partial charge in [-0.25, -0.2) is 9.97 Å². The number of rotatable bonds is 8. The molecule has 0 atom stereocenters. The molecule has 36 heavy (non-hydrogen) atoms. The Balaban J connectivity index is 1.05. The van der Waals surface area contributed by atoms with Gasteiger partial charge in [0.2, 0.25) is 5.95 Å². The van der Waals surface area contributed by atoms with E-state index in [-0.39, 0.29) is 5.92 Å². The predicted octanol–water partition coefficient (Wildman–Crippen LogP) is 5.53. The lowest BCUT2D eigenvalue weighted by molar-refractivity contribution is -0.111. The Morgan fingerprint density at radius 2 is 1.56 bits per heavy atom. The highest BCUT2D eigenvalue weighted by Gasteiger charge is 2.27. The third-order valence-electron chi connectivity index (χ3n) is 7.85. The van der Waals surface area contributed by atoms with Crippen LogP contribution in [-0.2, 0) is 9.53 Å². The summed E-state index contributed by atoms with van der Waals surface area (Å²) in [4.78, 5) is 22.6. The molecule has 0 bridgehead atoms. The molecule has 3 fully saturated rings. The van der Waals surface area contributed by atoms with E-state index in [0.717, 1.165) is 103 Å². The van der Waals surface area contributed by atoms with Crippen molar-refractivity contribution < 1.29 is 9.53 Å². The van der Waals surface area contributed by atoms with Crippen LogP contribution in [0.3, 0.4) is 0 Å². The van der Waals surface area contributed by atoms with Gasteiger partial charge < -0.3 is 14.4 Å². The number of nitrogens with zero attached hydrogens (tertiary/aromatic N) is 5. The molecule has 0 unspecified atom stereocenters. The van der Waals surface area contributed by atoms with Crippen LogP contribution in [0.25, 0.3) is 21.7 Å². The van der Waals surface area contributed by atoms with Gasteiger partial charge in [0.1, 0.15) is 16.3 Å². The predicted molar refractivity (Wildman–Crippen MR) is 141 cm³/mol. The number of piperidine rings is 1. The Bertz CT molecular complexity index is 1150. The number of aldehydes is 1. The molecule has 3 aromatic rings. The van der Waals surface area contributed by atoms with Gasteiger partial charge >= 0.3 is 0 Å². The minimum absolute atomic E-state index is 0.225. The SMILES string of the molecule is O=CC1CCC(c2nnc(-c3ccc(-c4cnc(N5CCC(OCC6CC6)CC5)nc4)cc3)s2)CC1. The average Bonchev–Trinajstić information content (AvgIpc) is 3.66. The molecule has 1 aliphatic heterocycles. The largest absolute Gasteiger partial charge is 0.378 e. The molecule has 2 saturated carbocycles. The van der Waals surface area contributed by atoms with Crippen LogP contribution in [0.5, 0.6) is 0 Å². The molecule has 2 aromatic heterocycles. The van der Waals surface area contributed by atoms with Gasteiger partial charge in [-0.15, -0.1) is 10.2 Å². The van der Waals surface area contributed by atoms with Crippen LogP contribution in [0.15, 0.2) is 36.7 Å². The quantitative estimate of drug-likeness (QED) is 0.374. The molecule has 188 valence electrons. The second-order valence-electron chi connectivity index (χ2n) is 10.5. The zero-order valence-electron chi connectivity index (χ0n) is 20.6. The fraction of sp³-hybridized carbons (Fsp3) is 0.536. The van der Waals surface area contributed by atoms with Crippen LogP contribution in [-0.4, -0.2) is 52.3 Å². The van der Waals surface area contributed by atoms with Crippen molar-refractivity contribution in [1.29, 1.82) is 0 Å². The third kappa shape index (κ3) is 5.49. The maximum Gasteiger partial charge on any atom is 0.225 e. The van der Waals surface area contributed by atoms with E-state index in [1.165, 1.54) is 12.8 Å². The number of carbonyl (C=O) groups excluding carboxylic acids is 1. The van der Waals surface area contributed by atoms with E-state index in [4.69, 9.17) is 4.74 Å². The van der Waals surface area contributed by atoms with E-state index in [1.54, 1.807) is 11.3 Å². The summed E-state index contributed by atoms with van der Waals surface area (Å²) >= 11 is 1.68. The van der Waals surface area contributed by atoms with Crippen molar-refractivity contribution in [2.45, 2.75) is 63.4 Å². The number of carbonyl (C=O) groups is 1. The minimum atomic E-state index is 0.225. The van der Waals surface area contributed by atoms with E-state index in [9.17, 15) is 4.79 Å². The van der Waals surface area contributed by atoms with Crippen molar-refractivity contribution in [3.05, 3.63) is 41.7 Å². The molecule has 6 rings (SSSR count). The third-order valence-corrected chi connectivity index (χ3v) is 8.98. The standard InChI is InChI=1S/C28H33N5O2S/c34-17-19-3-5-22(6-4-19)26-31-32-27(36-26)23-9-7-21(8-10-23)24-15-29-28(30-16-24)33-13-11-25(12-14-33)35-18-20-1-2-20/h7-10,15-17,19-20,22,25H,1-6,11-14,18H2. The van der Waals surface area contributed by atoms with Crippen LogP contribution in [0.4, 0.5) is 5.95 Å². The summed E-state index contributed by atoms with van der Waals surface area (Å²) in [7, 11) is 0. The summed E-state index contributed by atoms with van der Waals surface area (Å²) < 4.78 is 6.06. The van der Waals surface area contributed by atoms with Gasteiger partial charge in [0.15, 0.2) is 0 Å². The lowest BCUT2D eigenvalue weighted by atomic mass is 9.83. The fourth-order valence-corrected chi connectivity index (χ4v) is 6.25. The Labute approximate surface area is 216 Å². The molecular weight excluding hydrogens is 470 g/mol. The molecule has 3 heterocycles. The topological polar surface area (TPSA) is 81.1 Å². The van der Waals surface area contributed by atoms with Crippen LogP contribution in [0, 0.1) is 11.8 Å². The highest BCUT2D eigenvalue weighted by molar-refractivity contribution is 7.14. The van der Waals surface area contributed by atoms with Gasteiger partial charge in [-0.2, -0.15) is 0 Å². The molecule has 8 heteroatoms. The van der Waals surface area contributed by atoms with E-state index in [0.29, 0.717) is 12.0 Å². The lowest BCUT2D eigenvalue weighted by Crippen LogP contribution is -2.38. The second-order valence-corrected chi connectivity index (χ2v) is 11.5. The van der Waals surface area contributed by atoms with Crippen molar-refractivity contribution >= 4 is 23.6 Å². The molecule has 1 saturated heterocycles. The summed E-state index contributed by atoms with van der Waals surface area (Å²) in [6, 6.07) is 8.41. The first-order valence-corrected chi connectivity index (χ1v) is 14.1. The number of benzene rings is 1. The fourth-order valence-electron chi connectivity index (χ4n) is 5.24. The highest BCUT2D eigenvalue weighted by atomic mass is 32.1. The second kappa shape index (κ2) is 10.7. The number of hydrogen-bond acceptors (Lipinski definition) is 8. The highest BCUT2D eigenvalue weighted by Crippen LogP contribution is 2.38. The molecular formula is C28H33N5O2S.